The molecule has 0 bridgehead atoms. The number of nitrogens with zero attached hydrogens (tertiary/aromatic N) is 1. The molecule has 2 heterocycles. The van der Waals surface area contributed by atoms with Crippen molar-refractivity contribution in [2.24, 2.45) is 17.6 Å². The molecule has 1 aromatic heterocycles. The largest absolute Gasteiger partial charge is 0.481 e. The van der Waals surface area contributed by atoms with Crippen LogP contribution in [0.1, 0.15) is 37.3 Å². The maximum atomic E-state index is 12.7. The summed E-state index contributed by atoms with van der Waals surface area (Å²) in [5.41, 5.74) is 7.08. The number of amides is 2. The average molecular weight is 454 g/mol. The van der Waals surface area contributed by atoms with Crippen LogP contribution in [-0.4, -0.2) is 56.4 Å². The zero-order chi connectivity index (χ0) is 23.7. The van der Waals surface area contributed by atoms with Crippen molar-refractivity contribution in [3.8, 4) is 0 Å². The Morgan fingerprint density at radius 2 is 1.85 bits per heavy atom. The number of aromatic amines is 1. The summed E-state index contributed by atoms with van der Waals surface area (Å²) in [5, 5.41) is 22.8. The second kappa shape index (κ2) is 9.07. The van der Waals surface area contributed by atoms with E-state index in [2.05, 4.69) is 10.3 Å². The van der Waals surface area contributed by atoms with Crippen molar-refractivity contribution in [1.82, 2.24) is 9.88 Å². The number of allylic oxidation sites excluding steroid dienone is 2. The van der Waals surface area contributed by atoms with E-state index in [-0.39, 0.29) is 5.91 Å². The number of carboxylic acid groups (broad SMARTS) is 2. The first-order valence-corrected chi connectivity index (χ1v) is 10.9. The Morgan fingerprint density at radius 3 is 2.52 bits per heavy atom. The quantitative estimate of drug-likeness (QED) is 0.398. The SMILES string of the molecule is NC(=O)[C@@H]1CCCN1[C@@H](C(=O)O)c1c[nH]c2cc(NC(=O)[C@H]3CC=CC[C@@H]3C(=O)O)ccc12. The predicted octanol–water partition coefficient (Wildman–Crippen LogP) is 1.85. The van der Waals surface area contributed by atoms with Crippen LogP contribution in [0.2, 0.25) is 0 Å². The number of aliphatic carboxylic acids is 2. The Balaban J connectivity index is 1.58. The number of anilines is 1. The fourth-order valence-corrected chi connectivity index (χ4v) is 4.92. The third-order valence-corrected chi connectivity index (χ3v) is 6.55. The third-order valence-electron chi connectivity index (χ3n) is 6.55. The van der Waals surface area contributed by atoms with Crippen LogP contribution in [0.4, 0.5) is 5.69 Å². The first kappa shape index (κ1) is 22.5. The predicted molar refractivity (Wildman–Crippen MR) is 119 cm³/mol. The van der Waals surface area contributed by atoms with E-state index in [1.54, 1.807) is 35.4 Å². The van der Waals surface area contributed by atoms with Crippen LogP contribution >= 0.6 is 0 Å². The maximum Gasteiger partial charge on any atom is 0.325 e. The highest BCUT2D eigenvalue weighted by atomic mass is 16.4. The topological polar surface area (TPSA) is 166 Å². The summed E-state index contributed by atoms with van der Waals surface area (Å²) >= 11 is 0. The van der Waals surface area contributed by atoms with Gasteiger partial charge >= 0.3 is 11.9 Å². The summed E-state index contributed by atoms with van der Waals surface area (Å²) in [6.07, 6.45) is 7.05. The molecule has 1 aliphatic heterocycles. The Hall–Kier alpha value is -3.66. The molecule has 4 rings (SSSR count). The normalized spacial score (nSPS) is 23.9. The molecule has 2 aromatic rings. The number of hydrogen-bond donors (Lipinski definition) is 5. The van der Waals surface area contributed by atoms with E-state index in [0.29, 0.717) is 54.4 Å². The second-order valence-electron chi connectivity index (χ2n) is 8.53. The maximum absolute atomic E-state index is 12.7. The number of nitrogens with two attached hydrogens (primary N) is 1. The van der Waals surface area contributed by atoms with Gasteiger partial charge in [-0.2, -0.15) is 0 Å². The monoisotopic (exact) mass is 454 g/mol. The lowest BCUT2D eigenvalue weighted by molar-refractivity contribution is -0.146. The summed E-state index contributed by atoms with van der Waals surface area (Å²) in [6.45, 7) is 0.450. The van der Waals surface area contributed by atoms with Gasteiger partial charge in [-0.15, -0.1) is 0 Å². The van der Waals surface area contributed by atoms with Crippen LogP contribution in [0.5, 0.6) is 0 Å². The molecule has 4 atom stereocenters. The van der Waals surface area contributed by atoms with Crippen molar-refractivity contribution in [2.75, 3.05) is 11.9 Å². The fraction of sp³-hybridized carbons (Fsp3) is 0.391. The van der Waals surface area contributed by atoms with Crippen molar-refractivity contribution in [3.63, 3.8) is 0 Å². The molecule has 2 aliphatic rings. The number of nitrogens with one attached hydrogen (secondary N) is 2. The van der Waals surface area contributed by atoms with Gasteiger partial charge in [0.1, 0.15) is 6.04 Å². The molecule has 0 radical (unpaired) electrons. The van der Waals surface area contributed by atoms with Crippen molar-refractivity contribution in [3.05, 3.63) is 42.1 Å². The lowest BCUT2D eigenvalue weighted by Gasteiger charge is -2.28. The van der Waals surface area contributed by atoms with Gasteiger partial charge in [0.25, 0.3) is 0 Å². The zero-order valence-corrected chi connectivity index (χ0v) is 17.9. The zero-order valence-electron chi connectivity index (χ0n) is 17.9. The van der Waals surface area contributed by atoms with Gasteiger partial charge in [0.2, 0.25) is 11.8 Å². The number of likely N-dealkylation sites (tertiary alicyclic amines) is 1. The van der Waals surface area contributed by atoms with Crippen LogP contribution in [-0.2, 0) is 19.2 Å². The molecule has 2 amide bonds. The summed E-state index contributed by atoms with van der Waals surface area (Å²) in [5.74, 6) is -4.43. The van der Waals surface area contributed by atoms with Crippen LogP contribution in [0.3, 0.4) is 0 Å². The molecule has 1 aromatic carbocycles. The number of primary amides is 1. The summed E-state index contributed by atoms with van der Waals surface area (Å²) in [4.78, 5) is 52.9. The van der Waals surface area contributed by atoms with Crippen LogP contribution < -0.4 is 11.1 Å². The first-order chi connectivity index (χ1) is 15.8. The van der Waals surface area contributed by atoms with Gasteiger partial charge in [-0.1, -0.05) is 18.2 Å². The van der Waals surface area contributed by atoms with Gasteiger partial charge in [-0.25, -0.2) is 0 Å². The number of hydrogen-bond acceptors (Lipinski definition) is 5. The molecule has 1 fully saturated rings. The number of benzene rings is 1. The van der Waals surface area contributed by atoms with E-state index in [0.717, 1.165) is 0 Å². The van der Waals surface area contributed by atoms with Gasteiger partial charge in [0.05, 0.1) is 17.9 Å². The Morgan fingerprint density at radius 1 is 1.12 bits per heavy atom. The molecule has 33 heavy (non-hydrogen) atoms. The van der Waals surface area contributed by atoms with E-state index in [4.69, 9.17) is 5.73 Å². The van der Waals surface area contributed by atoms with Gasteiger partial charge in [-0.3, -0.25) is 24.1 Å². The standard InChI is InChI=1S/C23H26N4O6/c24-20(28)18-6-3-9-27(18)19(23(32)33)16-11-25-17-10-12(7-8-13(16)17)26-21(29)14-4-1-2-5-15(14)22(30)31/h1-2,7-8,10-11,14-15,18-19,25H,3-6,9H2,(H2,24,28)(H,26,29)(H,30,31)(H,32,33)/t14-,15-,18-,19+/m0/s1. The van der Waals surface area contributed by atoms with Gasteiger partial charge < -0.3 is 26.2 Å². The first-order valence-electron chi connectivity index (χ1n) is 10.9. The van der Waals surface area contributed by atoms with E-state index in [9.17, 15) is 29.4 Å². The molecule has 10 nitrogen and oxygen atoms in total. The average Bonchev–Trinajstić information content (AvgIpc) is 3.41. The van der Waals surface area contributed by atoms with Crippen LogP contribution in [0, 0.1) is 11.8 Å². The number of carbonyl (C=O) groups excluding carboxylic acids is 2. The minimum Gasteiger partial charge on any atom is -0.481 e. The number of aromatic nitrogens is 1. The van der Waals surface area contributed by atoms with Crippen LogP contribution in [0.15, 0.2) is 36.5 Å². The summed E-state index contributed by atoms with van der Waals surface area (Å²) < 4.78 is 0. The Kier molecular flexibility index (Phi) is 6.19. The van der Waals surface area contributed by atoms with Gasteiger partial charge in [0, 0.05) is 34.9 Å². The molecule has 6 N–H and O–H groups in total. The molecule has 0 saturated carbocycles. The number of carboxylic acids is 2. The van der Waals surface area contributed by atoms with Gasteiger partial charge in [-0.05, 0) is 37.8 Å². The Labute approximate surface area is 189 Å². The van der Waals surface area contributed by atoms with E-state index in [1.165, 1.54) is 0 Å². The highest BCUT2D eigenvalue weighted by Crippen LogP contribution is 2.35. The molecule has 0 unspecified atom stereocenters. The second-order valence-corrected chi connectivity index (χ2v) is 8.53. The number of H-pyrrole nitrogens is 1. The van der Waals surface area contributed by atoms with E-state index in [1.807, 2.05) is 6.08 Å². The molecule has 1 saturated heterocycles. The molecule has 174 valence electrons. The minimum atomic E-state index is -1.08. The number of fused-ring (bicyclic) bond motifs is 1. The van der Waals surface area contributed by atoms with Gasteiger partial charge in [0.15, 0.2) is 0 Å². The molecule has 0 spiro atoms. The molecule has 10 heteroatoms. The lowest BCUT2D eigenvalue weighted by atomic mass is 9.82. The van der Waals surface area contributed by atoms with E-state index >= 15 is 0 Å². The highest BCUT2D eigenvalue weighted by Gasteiger charge is 2.39. The third kappa shape index (κ3) is 4.34. The van der Waals surface area contributed by atoms with E-state index < -0.39 is 41.8 Å². The molecule has 1 aliphatic carbocycles. The summed E-state index contributed by atoms with van der Waals surface area (Å²) in [7, 11) is 0. The number of carbonyl (C=O) groups is 4. The summed E-state index contributed by atoms with van der Waals surface area (Å²) in [6, 6.07) is 3.36. The van der Waals surface area contributed by atoms with Crippen molar-refractivity contribution in [1.29, 1.82) is 0 Å². The van der Waals surface area contributed by atoms with Crippen molar-refractivity contribution in [2.45, 2.75) is 37.8 Å². The van der Waals surface area contributed by atoms with Crippen molar-refractivity contribution >= 4 is 40.3 Å². The lowest BCUT2D eigenvalue weighted by Crippen LogP contribution is -2.44. The van der Waals surface area contributed by atoms with Crippen molar-refractivity contribution < 1.29 is 29.4 Å². The Bertz CT molecular complexity index is 1140. The molecular formula is C23H26N4O6. The van der Waals surface area contributed by atoms with Crippen LogP contribution in [0.25, 0.3) is 10.9 Å². The smallest absolute Gasteiger partial charge is 0.325 e. The highest BCUT2D eigenvalue weighted by molar-refractivity contribution is 5.98. The fourth-order valence-electron chi connectivity index (χ4n) is 4.92. The molecular weight excluding hydrogens is 428 g/mol. The number of rotatable bonds is 7. The minimum absolute atomic E-state index is 0.311.